The Labute approximate surface area is 203 Å². The Morgan fingerprint density at radius 1 is 1.00 bits per heavy atom. The van der Waals surface area contributed by atoms with Crippen molar-refractivity contribution in [3.63, 3.8) is 0 Å². The second-order valence-corrected chi connectivity index (χ2v) is 11.9. The van der Waals surface area contributed by atoms with Gasteiger partial charge in [-0.3, -0.25) is 9.69 Å². The van der Waals surface area contributed by atoms with Crippen LogP contribution in [0.5, 0.6) is 0 Å². The normalized spacial score (nSPS) is 28.0. The van der Waals surface area contributed by atoms with Crippen molar-refractivity contribution in [1.29, 1.82) is 0 Å². The molecule has 3 aliphatic rings. The summed E-state index contributed by atoms with van der Waals surface area (Å²) >= 11 is 0. The van der Waals surface area contributed by atoms with E-state index < -0.39 is 12.7 Å². The lowest BCUT2D eigenvalue weighted by atomic mass is 9.78. The van der Waals surface area contributed by atoms with Crippen molar-refractivity contribution < 1.29 is 28.4 Å². The van der Waals surface area contributed by atoms with Crippen molar-refractivity contribution in [1.82, 2.24) is 4.90 Å². The van der Waals surface area contributed by atoms with E-state index in [1.165, 1.54) is 0 Å². The molecule has 34 heavy (non-hydrogen) atoms. The first kappa shape index (κ1) is 25.2. The molecule has 2 bridgehead atoms. The Hall–Kier alpha value is -1.90. The monoisotopic (exact) mass is 471 g/mol. The first-order chi connectivity index (χ1) is 15.8. The van der Waals surface area contributed by atoms with Gasteiger partial charge in [0.15, 0.2) is 0 Å². The zero-order valence-corrected chi connectivity index (χ0v) is 21.6. The lowest BCUT2D eigenvalue weighted by Gasteiger charge is -2.47. The van der Waals surface area contributed by atoms with Crippen LogP contribution in [0.25, 0.3) is 0 Å². The largest absolute Gasteiger partial charge is 0.494 e. The van der Waals surface area contributed by atoms with Gasteiger partial charge >= 0.3 is 13.2 Å². The number of Topliss-reactive ketones (excluding diaryl/α,β-unsaturated/α-hetero) is 1. The number of hydrogen-bond acceptors (Lipinski definition) is 6. The number of nitrogens with zero attached hydrogens (tertiary/aromatic N) is 1. The second-order valence-electron chi connectivity index (χ2n) is 11.9. The molecule has 3 saturated heterocycles. The topological polar surface area (TPSA) is 74.3 Å². The van der Waals surface area contributed by atoms with Gasteiger partial charge in [-0.25, -0.2) is 4.79 Å². The molecule has 2 atom stereocenters. The Balaban J connectivity index is 1.37. The molecule has 3 heterocycles. The van der Waals surface area contributed by atoms with Crippen LogP contribution in [0.2, 0.25) is 0 Å². The smallest absolute Gasteiger partial charge is 0.444 e. The zero-order valence-electron chi connectivity index (χ0n) is 21.6. The van der Waals surface area contributed by atoms with Crippen molar-refractivity contribution in [2.45, 2.75) is 96.6 Å². The molecule has 0 radical (unpaired) electrons. The van der Waals surface area contributed by atoms with E-state index in [-0.39, 0.29) is 41.1 Å². The van der Waals surface area contributed by atoms with Gasteiger partial charge in [0.05, 0.1) is 36.5 Å². The first-order valence-corrected chi connectivity index (χ1v) is 12.3. The molecule has 186 valence electrons. The van der Waals surface area contributed by atoms with E-state index in [2.05, 4.69) is 0 Å². The summed E-state index contributed by atoms with van der Waals surface area (Å²) < 4.78 is 23.6. The summed E-state index contributed by atoms with van der Waals surface area (Å²) in [5.74, 6) is 0.129. The third-order valence-corrected chi connectivity index (χ3v) is 7.46. The summed E-state index contributed by atoms with van der Waals surface area (Å²) in [5, 5.41) is 0. The number of morpholine rings is 1. The van der Waals surface area contributed by atoms with Gasteiger partial charge in [-0.05, 0) is 72.3 Å². The summed E-state index contributed by atoms with van der Waals surface area (Å²) in [4.78, 5) is 27.8. The Morgan fingerprint density at radius 2 is 1.53 bits per heavy atom. The van der Waals surface area contributed by atoms with Crippen molar-refractivity contribution >= 4 is 24.5 Å². The third kappa shape index (κ3) is 5.19. The standard InChI is InChI=1S/C26H38BNO6/c1-24(2,3)32-23(30)28-20-13-18(14-21(28)16-31-15-20)22(29)12-17-8-10-19(11-9-17)27-33-25(4,5)26(6,7)34-27/h8-11,18,20-21H,12-16H2,1-7H3. The van der Waals surface area contributed by atoms with E-state index in [0.29, 0.717) is 32.5 Å². The number of carbonyl (C=O) groups is 2. The van der Waals surface area contributed by atoms with Crippen LogP contribution in [0.15, 0.2) is 24.3 Å². The van der Waals surface area contributed by atoms with Crippen molar-refractivity contribution in [2.75, 3.05) is 13.2 Å². The molecule has 4 rings (SSSR count). The summed E-state index contributed by atoms with van der Waals surface area (Å²) in [6.07, 6.45) is 1.29. The number of amides is 1. The number of carbonyl (C=O) groups excluding carboxylic acids is 2. The minimum atomic E-state index is -0.550. The highest BCUT2D eigenvalue weighted by molar-refractivity contribution is 6.62. The molecular weight excluding hydrogens is 433 g/mol. The number of rotatable bonds is 4. The van der Waals surface area contributed by atoms with Gasteiger partial charge in [-0.2, -0.15) is 0 Å². The summed E-state index contributed by atoms with van der Waals surface area (Å²) in [7, 11) is -0.411. The van der Waals surface area contributed by atoms with Gasteiger partial charge in [0.2, 0.25) is 0 Å². The molecule has 0 N–H and O–H groups in total. The van der Waals surface area contributed by atoms with Crippen LogP contribution in [-0.4, -0.2) is 66.0 Å². The molecule has 3 aliphatic heterocycles. The number of hydrogen-bond donors (Lipinski definition) is 0. The maximum Gasteiger partial charge on any atom is 0.494 e. The maximum absolute atomic E-state index is 13.2. The molecule has 2 unspecified atom stereocenters. The van der Waals surface area contributed by atoms with Gasteiger partial charge in [-0.15, -0.1) is 0 Å². The molecule has 0 saturated carbocycles. The van der Waals surface area contributed by atoms with Crippen LogP contribution in [-0.2, 0) is 30.0 Å². The van der Waals surface area contributed by atoms with E-state index in [0.717, 1.165) is 11.0 Å². The van der Waals surface area contributed by atoms with Crippen LogP contribution in [0.1, 0.15) is 66.9 Å². The van der Waals surface area contributed by atoms with Gasteiger partial charge in [0.1, 0.15) is 11.4 Å². The second kappa shape index (κ2) is 8.96. The minimum Gasteiger partial charge on any atom is -0.444 e. The number of piperidine rings is 1. The lowest BCUT2D eigenvalue weighted by Crippen LogP contribution is -2.60. The highest BCUT2D eigenvalue weighted by Crippen LogP contribution is 2.37. The van der Waals surface area contributed by atoms with E-state index in [9.17, 15) is 9.59 Å². The van der Waals surface area contributed by atoms with Gasteiger partial charge in [0, 0.05) is 12.3 Å². The Bertz CT molecular complexity index is 892. The van der Waals surface area contributed by atoms with E-state index >= 15 is 0 Å². The van der Waals surface area contributed by atoms with E-state index in [1.807, 2.05) is 72.7 Å². The molecular formula is C26H38BNO6. The van der Waals surface area contributed by atoms with Crippen molar-refractivity contribution in [2.24, 2.45) is 5.92 Å². The van der Waals surface area contributed by atoms with Crippen LogP contribution >= 0.6 is 0 Å². The quantitative estimate of drug-likeness (QED) is 0.626. The molecule has 0 spiro atoms. The Morgan fingerprint density at radius 3 is 2.03 bits per heavy atom. The highest BCUT2D eigenvalue weighted by Gasteiger charge is 2.51. The molecule has 0 aliphatic carbocycles. The third-order valence-electron chi connectivity index (χ3n) is 7.46. The molecule has 3 fully saturated rings. The lowest BCUT2D eigenvalue weighted by molar-refractivity contribution is -0.131. The van der Waals surface area contributed by atoms with Crippen molar-refractivity contribution in [3.8, 4) is 0 Å². The van der Waals surface area contributed by atoms with Crippen LogP contribution in [0.3, 0.4) is 0 Å². The molecule has 1 amide bonds. The zero-order chi connectivity index (χ0) is 24.9. The summed E-state index contributed by atoms with van der Waals surface area (Å²) in [6, 6.07) is 7.69. The molecule has 1 aromatic carbocycles. The van der Waals surface area contributed by atoms with Gasteiger partial charge in [0.25, 0.3) is 0 Å². The van der Waals surface area contributed by atoms with E-state index in [1.54, 1.807) is 4.90 Å². The molecule has 1 aromatic rings. The molecule has 8 heteroatoms. The van der Waals surface area contributed by atoms with Gasteiger partial charge < -0.3 is 18.8 Å². The predicted molar refractivity (Wildman–Crippen MR) is 130 cm³/mol. The molecule has 0 aromatic heterocycles. The first-order valence-electron chi connectivity index (χ1n) is 12.3. The Kier molecular flexibility index (Phi) is 6.64. The number of ether oxygens (including phenoxy) is 2. The number of fused-ring (bicyclic) bond motifs is 2. The highest BCUT2D eigenvalue weighted by atomic mass is 16.7. The average Bonchev–Trinajstić information content (AvgIpc) is 2.93. The van der Waals surface area contributed by atoms with E-state index in [4.69, 9.17) is 18.8 Å². The fraction of sp³-hybridized carbons (Fsp3) is 0.692. The minimum absolute atomic E-state index is 0.0830. The number of benzene rings is 1. The van der Waals surface area contributed by atoms with Crippen LogP contribution in [0, 0.1) is 5.92 Å². The summed E-state index contributed by atoms with van der Waals surface area (Å²) in [6.45, 7) is 14.6. The van der Waals surface area contributed by atoms with Gasteiger partial charge in [-0.1, -0.05) is 24.3 Å². The average molecular weight is 471 g/mol. The van der Waals surface area contributed by atoms with Crippen molar-refractivity contribution in [3.05, 3.63) is 29.8 Å². The predicted octanol–water partition coefficient (Wildman–Crippen LogP) is 3.51. The fourth-order valence-electron chi connectivity index (χ4n) is 4.91. The maximum atomic E-state index is 13.2. The van der Waals surface area contributed by atoms with Crippen LogP contribution in [0.4, 0.5) is 4.79 Å². The number of ketones is 1. The summed E-state index contributed by atoms with van der Waals surface area (Å²) in [5.41, 5.74) is 0.601. The SMILES string of the molecule is CC(C)(C)OC(=O)N1C2COCC1CC(C(=O)Cc1ccc(B3OC(C)(C)C(C)(C)O3)cc1)C2. The van der Waals surface area contributed by atoms with Crippen LogP contribution < -0.4 is 5.46 Å². The molecule has 7 nitrogen and oxygen atoms in total. The fourth-order valence-corrected chi connectivity index (χ4v) is 4.91.